The predicted molar refractivity (Wildman–Crippen MR) is 97.3 cm³/mol. The van der Waals surface area contributed by atoms with Gasteiger partial charge >= 0.3 is 0 Å². The van der Waals surface area contributed by atoms with Gasteiger partial charge in [0.25, 0.3) is 15.9 Å². The second-order valence-electron chi connectivity index (χ2n) is 6.00. The summed E-state index contributed by atoms with van der Waals surface area (Å²) in [5.74, 6) is -0.107. The number of aryl methyl sites for hydroxylation is 1. The zero-order valence-electron chi connectivity index (χ0n) is 14.6. The number of amides is 1. The van der Waals surface area contributed by atoms with Crippen LogP contribution in [0.2, 0.25) is 0 Å². The number of aromatic nitrogens is 1. The van der Waals surface area contributed by atoms with Gasteiger partial charge in [-0.25, -0.2) is 8.42 Å². The summed E-state index contributed by atoms with van der Waals surface area (Å²) in [6.07, 6.45) is 2.41. The van der Waals surface area contributed by atoms with Crippen LogP contribution >= 0.6 is 0 Å². The fourth-order valence-electron chi connectivity index (χ4n) is 3.20. The number of fused-ring (bicyclic) bond motifs is 1. The summed E-state index contributed by atoms with van der Waals surface area (Å²) in [7, 11) is -3.72. The van der Waals surface area contributed by atoms with Gasteiger partial charge in [0.1, 0.15) is 10.6 Å². The Morgan fingerprint density at radius 1 is 1.12 bits per heavy atom. The number of sulfonamides is 1. The van der Waals surface area contributed by atoms with E-state index in [2.05, 4.69) is 0 Å². The Bertz CT molecular complexity index is 859. The van der Waals surface area contributed by atoms with E-state index < -0.39 is 10.0 Å². The second kappa shape index (κ2) is 6.92. The average Bonchev–Trinajstić information content (AvgIpc) is 2.98. The number of carbonyl (C=O) groups is 1. The molecule has 0 aliphatic carbocycles. The zero-order valence-corrected chi connectivity index (χ0v) is 15.4. The van der Waals surface area contributed by atoms with E-state index in [-0.39, 0.29) is 10.8 Å². The molecule has 0 radical (unpaired) electrons. The van der Waals surface area contributed by atoms with Crippen molar-refractivity contribution in [2.75, 3.05) is 23.9 Å². The van der Waals surface area contributed by atoms with Crippen molar-refractivity contribution in [3.63, 3.8) is 0 Å². The molecule has 1 aromatic carbocycles. The monoisotopic (exact) mass is 361 g/mol. The first kappa shape index (κ1) is 17.5. The Labute approximate surface area is 148 Å². The van der Waals surface area contributed by atoms with E-state index in [0.29, 0.717) is 37.6 Å². The van der Waals surface area contributed by atoms with Gasteiger partial charge in [-0.15, -0.1) is 0 Å². The van der Waals surface area contributed by atoms with Gasteiger partial charge < -0.3 is 9.47 Å². The van der Waals surface area contributed by atoms with Crippen LogP contribution in [0, 0.1) is 0 Å². The predicted octanol–water partition coefficient (Wildman–Crippen LogP) is 2.57. The number of carbonyl (C=O) groups excluding carboxylic acids is 1. The van der Waals surface area contributed by atoms with Crippen molar-refractivity contribution < 1.29 is 13.2 Å². The standard InChI is InChI=1S/C18H23N3O3S/c1-3-19-11-8-12-20-14-16(13-17(20)18(19)22)25(23,24)21(4-2)15-9-6-5-7-10-15/h5-7,9-10,13-14H,3-4,8,11-12H2,1-2H3. The molecule has 1 aliphatic heterocycles. The maximum atomic E-state index is 13.1. The largest absolute Gasteiger partial charge is 0.342 e. The molecular formula is C18H23N3O3S. The average molecular weight is 361 g/mol. The number of anilines is 1. The van der Waals surface area contributed by atoms with Crippen LogP contribution < -0.4 is 4.31 Å². The van der Waals surface area contributed by atoms with Crippen LogP contribution in [0.1, 0.15) is 30.8 Å². The molecule has 1 amide bonds. The van der Waals surface area contributed by atoms with Crippen LogP contribution in [-0.4, -0.2) is 43.4 Å². The highest BCUT2D eigenvalue weighted by Crippen LogP contribution is 2.26. The summed E-state index contributed by atoms with van der Waals surface area (Å²) in [4.78, 5) is 14.5. The van der Waals surface area contributed by atoms with Crippen LogP contribution in [0.15, 0.2) is 47.5 Å². The Morgan fingerprint density at radius 3 is 2.48 bits per heavy atom. The Morgan fingerprint density at radius 2 is 1.84 bits per heavy atom. The van der Waals surface area contributed by atoms with E-state index in [4.69, 9.17) is 0 Å². The van der Waals surface area contributed by atoms with Gasteiger partial charge in [0.2, 0.25) is 0 Å². The molecule has 1 aromatic heterocycles. The van der Waals surface area contributed by atoms with E-state index >= 15 is 0 Å². The lowest BCUT2D eigenvalue weighted by molar-refractivity contribution is 0.0766. The van der Waals surface area contributed by atoms with Crippen LogP contribution in [0.25, 0.3) is 0 Å². The van der Waals surface area contributed by atoms with Crippen LogP contribution in [0.4, 0.5) is 5.69 Å². The summed E-state index contributed by atoms with van der Waals surface area (Å²) in [5, 5.41) is 0. The molecule has 134 valence electrons. The van der Waals surface area contributed by atoms with Gasteiger partial charge in [0.05, 0.1) is 5.69 Å². The molecule has 0 saturated carbocycles. The fourth-order valence-corrected chi connectivity index (χ4v) is 4.71. The molecule has 0 unspecified atom stereocenters. The summed E-state index contributed by atoms with van der Waals surface area (Å²) in [6.45, 7) is 6.02. The molecule has 0 N–H and O–H groups in total. The van der Waals surface area contributed by atoms with Crippen molar-refractivity contribution in [3.8, 4) is 0 Å². The Balaban J connectivity index is 2.02. The highest BCUT2D eigenvalue weighted by Gasteiger charge is 2.29. The summed E-state index contributed by atoms with van der Waals surface area (Å²) >= 11 is 0. The topological polar surface area (TPSA) is 62.6 Å². The number of hydrogen-bond donors (Lipinski definition) is 0. The van der Waals surface area contributed by atoms with Gasteiger partial charge in [-0.05, 0) is 38.5 Å². The summed E-state index contributed by atoms with van der Waals surface area (Å²) < 4.78 is 29.4. The Kier molecular flexibility index (Phi) is 4.85. The van der Waals surface area contributed by atoms with Crippen molar-refractivity contribution in [2.24, 2.45) is 0 Å². The third kappa shape index (κ3) is 3.16. The minimum absolute atomic E-state index is 0.107. The number of benzene rings is 1. The van der Waals surface area contributed by atoms with Gasteiger partial charge in [0, 0.05) is 32.4 Å². The van der Waals surface area contributed by atoms with Gasteiger partial charge in [-0.1, -0.05) is 18.2 Å². The maximum Gasteiger partial charge on any atom is 0.270 e. The molecule has 0 bridgehead atoms. The van der Waals surface area contributed by atoms with E-state index in [0.717, 1.165) is 6.42 Å². The van der Waals surface area contributed by atoms with Crippen LogP contribution in [0.3, 0.4) is 0 Å². The fraction of sp³-hybridized carbons (Fsp3) is 0.389. The molecule has 0 fully saturated rings. The number of hydrogen-bond acceptors (Lipinski definition) is 3. The van der Waals surface area contributed by atoms with Crippen molar-refractivity contribution in [3.05, 3.63) is 48.3 Å². The van der Waals surface area contributed by atoms with E-state index in [1.54, 1.807) is 34.7 Å². The van der Waals surface area contributed by atoms with Crippen molar-refractivity contribution >= 4 is 21.6 Å². The highest BCUT2D eigenvalue weighted by molar-refractivity contribution is 7.92. The Hall–Kier alpha value is -2.28. The first-order valence-corrected chi connectivity index (χ1v) is 10.00. The SMILES string of the molecule is CCN1CCCn2cc(S(=O)(=O)N(CC)c3ccccc3)cc2C1=O. The molecule has 0 atom stereocenters. The minimum Gasteiger partial charge on any atom is -0.342 e. The molecule has 2 aromatic rings. The quantitative estimate of drug-likeness (QED) is 0.822. The van der Waals surface area contributed by atoms with E-state index in [1.807, 2.05) is 25.1 Å². The highest BCUT2D eigenvalue weighted by atomic mass is 32.2. The van der Waals surface area contributed by atoms with Crippen molar-refractivity contribution in [2.45, 2.75) is 31.7 Å². The molecule has 6 nitrogen and oxygen atoms in total. The van der Waals surface area contributed by atoms with Gasteiger partial charge in [-0.3, -0.25) is 9.10 Å². The van der Waals surface area contributed by atoms with Crippen LogP contribution in [-0.2, 0) is 16.6 Å². The molecule has 3 rings (SSSR count). The first-order chi connectivity index (χ1) is 12.0. The number of rotatable bonds is 5. The second-order valence-corrected chi connectivity index (χ2v) is 7.86. The molecule has 0 spiro atoms. The molecule has 25 heavy (non-hydrogen) atoms. The van der Waals surface area contributed by atoms with Gasteiger partial charge in [0.15, 0.2) is 0 Å². The molecule has 1 aliphatic rings. The maximum absolute atomic E-state index is 13.1. The summed E-state index contributed by atoms with van der Waals surface area (Å²) in [5.41, 5.74) is 1.06. The molecular weight excluding hydrogens is 338 g/mol. The van der Waals surface area contributed by atoms with Crippen molar-refractivity contribution in [1.29, 1.82) is 0 Å². The number of nitrogens with zero attached hydrogens (tertiary/aromatic N) is 3. The van der Waals surface area contributed by atoms with E-state index in [1.165, 1.54) is 10.4 Å². The number of para-hydroxylation sites is 1. The molecule has 7 heteroatoms. The lowest BCUT2D eigenvalue weighted by atomic mass is 10.3. The summed E-state index contributed by atoms with van der Waals surface area (Å²) in [6, 6.07) is 10.5. The zero-order chi connectivity index (χ0) is 18.0. The van der Waals surface area contributed by atoms with Crippen molar-refractivity contribution in [1.82, 2.24) is 9.47 Å². The third-order valence-corrected chi connectivity index (χ3v) is 6.37. The normalized spacial score (nSPS) is 15.0. The lowest BCUT2D eigenvalue weighted by Crippen LogP contribution is -2.31. The lowest BCUT2D eigenvalue weighted by Gasteiger charge is -2.22. The minimum atomic E-state index is -3.72. The first-order valence-electron chi connectivity index (χ1n) is 8.56. The van der Waals surface area contributed by atoms with Gasteiger partial charge in [-0.2, -0.15) is 0 Å². The molecule has 0 saturated heterocycles. The smallest absolute Gasteiger partial charge is 0.270 e. The molecule has 2 heterocycles. The van der Waals surface area contributed by atoms with Crippen LogP contribution in [0.5, 0.6) is 0 Å². The van der Waals surface area contributed by atoms with E-state index in [9.17, 15) is 13.2 Å². The third-order valence-electron chi connectivity index (χ3n) is 4.51.